The summed E-state index contributed by atoms with van der Waals surface area (Å²) in [5.41, 5.74) is 2.45. The SMILES string of the molecule is COc1ccccc1C=CC(=O)OCC(=O)Nc1cccc(C)c1. The van der Waals surface area contributed by atoms with Gasteiger partial charge in [0.25, 0.3) is 5.91 Å². The van der Waals surface area contributed by atoms with Crippen LogP contribution in [0.5, 0.6) is 5.75 Å². The second kappa shape index (κ2) is 8.53. The number of amides is 1. The molecule has 5 nitrogen and oxygen atoms in total. The van der Waals surface area contributed by atoms with Crippen LogP contribution in [0.1, 0.15) is 11.1 Å². The van der Waals surface area contributed by atoms with Crippen molar-refractivity contribution in [2.75, 3.05) is 19.0 Å². The first kappa shape index (κ1) is 17.3. The van der Waals surface area contributed by atoms with E-state index >= 15 is 0 Å². The molecule has 0 saturated carbocycles. The van der Waals surface area contributed by atoms with Gasteiger partial charge in [0.1, 0.15) is 5.75 Å². The van der Waals surface area contributed by atoms with Gasteiger partial charge < -0.3 is 14.8 Å². The summed E-state index contributed by atoms with van der Waals surface area (Å²) in [5.74, 6) is -0.335. The van der Waals surface area contributed by atoms with E-state index in [1.54, 1.807) is 25.3 Å². The van der Waals surface area contributed by atoms with Crippen molar-refractivity contribution in [1.29, 1.82) is 0 Å². The Hall–Kier alpha value is -3.08. The molecule has 0 aliphatic heterocycles. The zero-order chi connectivity index (χ0) is 17.4. The first-order chi connectivity index (χ1) is 11.6. The van der Waals surface area contributed by atoms with Crippen molar-refractivity contribution >= 4 is 23.6 Å². The van der Waals surface area contributed by atoms with Crippen molar-refractivity contribution < 1.29 is 19.1 Å². The minimum absolute atomic E-state index is 0.344. The average Bonchev–Trinajstić information content (AvgIpc) is 2.58. The van der Waals surface area contributed by atoms with Gasteiger partial charge in [0.05, 0.1) is 7.11 Å². The van der Waals surface area contributed by atoms with E-state index in [-0.39, 0.29) is 12.5 Å². The summed E-state index contributed by atoms with van der Waals surface area (Å²) < 4.78 is 10.1. The molecule has 0 fully saturated rings. The van der Waals surface area contributed by atoms with Crippen LogP contribution in [0.3, 0.4) is 0 Å². The first-order valence-electron chi connectivity index (χ1n) is 7.43. The molecule has 0 aliphatic rings. The number of carbonyl (C=O) groups excluding carboxylic acids is 2. The summed E-state index contributed by atoms with van der Waals surface area (Å²) in [6.07, 6.45) is 2.84. The number of benzene rings is 2. The fourth-order valence-corrected chi connectivity index (χ4v) is 2.07. The van der Waals surface area contributed by atoms with Gasteiger partial charge in [-0.15, -0.1) is 0 Å². The molecule has 124 valence electrons. The molecule has 0 unspecified atom stereocenters. The maximum atomic E-state index is 11.8. The lowest BCUT2D eigenvalue weighted by atomic mass is 10.2. The number of rotatable bonds is 6. The summed E-state index contributed by atoms with van der Waals surface area (Å²) in [6.45, 7) is 1.58. The van der Waals surface area contributed by atoms with Crippen molar-refractivity contribution in [3.63, 3.8) is 0 Å². The number of aryl methyl sites for hydroxylation is 1. The second-order valence-corrected chi connectivity index (χ2v) is 5.10. The third-order valence-corrected chi connectivity index (χ3v) is 3.19. The molecule has 0 spiro atoms. The summed E-state index contributed by atoms with van der Waals surface area (Å²) in [6, 6.07) is 14.7. The molecule has 2 rings (SSSR count). The highest BCUT2D eigenvalue weighted by Gasteiger charge is 2.06. The molecule has 1 N–H and O–H groups in total. The highest BCUT2D eigenvalue weighted by Crippen LogP contribution is 2.18. The Labute approximate surface area is 140 Å². The Balaban J connectivity index is 1.84. The molecule has 5 heteroatoms. The van der Waals surface area contributed by atoms with Gasteiger partial charge in [-0.2, -0.15) is 0 Å². The Morgan fingerprint density at radius 2 is 1.92 bits per heavy atom. The zero-order valence-corrected chi connectivity index (χ0v) is 13.6. The van der Waals surface area contributed by atoms with Gasteiger partial charge in [-0.1, -0.05) is 30.3 Å². The van der Waals surface area contributed by atoms with Crippen molar-refractivity contribution in [2.24, 2.45) is 0 Å². The predicted octanol–water partition coefficient (Wildman–Crippen LogP) is 3.20. The monoisotopic (exact) mass is 325 g/mol. The van der Waals surface area contributed by atoms with E-state index in [9.17, 15) is 9.59 Å². The van der Waals surface area contributed by atoms with Gasteiger partial charge in [0.2, 0.25) is 0 Å². The predicted molar refractivity (Wildman–Crippen MR) is 92.8 cm³/mol. The molecule has 1 amide bonds. The van der Waals surface area contributed by atoms with Gasteiger partial charge in [-0.3, -0.25) is 4.79 Å². The van der Waals surface area contributed by atoms with Crippen LogP contribution in [-0.4, -0.2) is 25.6 Å². The standard InChI is InChI=1S/C19H19NO4/c1-14-6-5-8-16(12-14)20-18(21)13-24-19(22)11-10-15-7-3-4-9-17(15)23-2/h3-12H,13H2,1-2H3,(H,20,21). The third kappa shape index (κ3) is 5.28. The lowest BCUT2D eigenvalue weighted by Gasteiger charge is -2.06. The number of esters is 1. The number of para-hydroxylation sites is 1. The number of nitrogens with one attached hydrogen (secondary N) is 1. The van der Waals surface area contributed by atoms with E-state index < -0.39 is 5.97 Å². The van der Waals surface area contributed by atoms with Crippen LogP contribution >= 0.6 is 0 Å². The number of hydrogen-bond acceptors (Lipinski definition) is 4. The van der Waals surface area contributed by atoms with E-state index in [0.29, 0.717) is 11.4 Å². The van der Waals surface area contributed by atoms with Crippen LogP contribution in [0, 0.1) is 6.92 Å². The normalized spacial score (nSPS) is 10.4. The zero-order valence-electron chi connectivity index (χ0n) is 13.6. The molecule has 0 heterocycles. The molecule has 24 heavy (non-hydrogen) atoms. The highest BCUT2D eigenvalue weighted by atomic mass is 16.5. The number of methoxy groups -OCH3 is 1. The van der Waals surface area contributed by atoms with Gasteiger partial charge in [-0.05, 0) is 36.8 Å². The molecular weight excluding hydrogens is 306 g/mol. The van der Waals surface area contributed by atoms with Crippen LogP contribution in [-0.2, 0) is 14.3 Å². The smallest absolute Gasteiger partial charge is 0.331 e. The summed E-state index contributed by atoms with van der Waals surface area (Å²) in [4.78, 5) is 23.5. The van der Waals surface area contributed by atoms with E-state index in [2.05, 4.69) is 5.32 Å². The second-order valence-electron chi connectivity index (χ2n) is 5.10. The molecule has 0 aliphatic carbocycles. The van der Waals surface area contributed by atoms with Crippen molar-refractivity contribution in [1.82, 2.24) is 0 Å². The molecule has 0 aromatic heterocycles. The largest absolute Gasteiger partial charge is 0.496 e. The molecule has 0 radical (unpaired) electrons. The minimum Gasteiger partial charge on any atom is -0.496 e. The van der Waals surface area contributed by atoms with Crippen LogP contribution in [0.25, 0.3) is 6.08 Å². The van der Waals surface area contributed by atoms with Gasteiger partial charge in [-0.25, -0.2) is 4.79 Å². The van der Waals surface area contributed by atoms with E-state index in [4.69, 9.17) is 9.47 Å². The Bertz CT molecular complexity index is 753. The highest BCUT2D eigenvalue weighted by molar-refractivity contribution is 5.94. The lowest BCUT2D eigenvalue weighted by Crippen LogP contribution is -2.20. The van der Waals surface area contributed by atoms with E-state index in [1.165, 1.54) is 6.08 Å². The van der Waals surface area contributed by atoms with Crippen LogP contribution < -0.4 is 10.1 Å². The minimum atomic E-state index is -0.597. The van der Waals surface area contributed by atoms with Crippen LogP contribution in [0.4, 0.5) is 5.69 Å². The fraction of sp³-hybridized carbons (Fsp3) is 0.158. The van der Waals surface area contributed by atoms with E-state index in [0.717, 1.165) is 11.1 Å². The summed E-state index contributed by atoms with van der Waals surface area (Å²) in [7, 11) is 1.56. The van der Waals surface area contributed by atoms with Gasteiger partial charge in [0, 0.05) is 17.3 Å². The molecular formula is C19H19NO4. The Morgan fingerprint density at radius 3 is 2.67 bits per heavy atom. The number of carbonyl (C=O) groups is 2. The number of anilines is 1. The lowest BCUT2D eigenvalue weighted by molar-refractivity contribution is -0.142. The summed E-state index contributed by atoms with van der Waals surface area (Å²) >= 11 is 0. The number of hydrogen-bond donors (Lipinski definition) is 1. The van der Waals surface area contributed by atoms with Gasteiger partial charge in [0.15, 0.2) is 6.61 Å². The Kier molecular flexibility index (Phi) is 6.14. The quantitative estimate of drug-likeness (QED) is 0.654. The van der Waals surface area contributed by atoms with Crippen LogP contribution in [0.15, 0.2) is 54.6 Å². The first-order valence-corrected chi connectivity index (χ1v) is 7.43. The topological polar surface area (TPSA) is 64.6 Å². The molecule has 0 saturated heterocycles. The molecule has 0 bridgehead atoms. The molecule has 2 aromatic carbocycles. The van der Waals surface area contributed by atoms with Crippen molar-refractivity contribution in [3.8, 4) is 5.75 Å². The molecule has 2 aromatic rings. The molecule has 0 atom stereocenters. The van der Waals surface area contributed by atoms with Gasteiger partial charge >= 0.3 is 5.97 Å². The number of ether oxygens (including phenoxy) is 2. The fourth-order valence-electron chi connectivity index (χ4n) is 2.07. The maximum Gasteiger partial charge on any atom is 0.331 e. The van der Waals surface area contributed by atoms with Crippen molar-refractivity contribution in [2.45, 2.75) is 6.92 Å². The van der Waals surface area contributed by atoms with Crippen molar-refractivity contribution in [3.05, 3.63) is 65.7 Å². The average molecular weight is 325 g/mol. The Morgan fingerprint density at radius 1 is 1.12 bits per heavy atom. The maximum absolute atomic E-state index is 11.8. The van der Waals surface area contributed by atoms with E-state index in [1.807, 2.05) is 43.3 Å². The summed E-state index contributed by atoms with van der Waals surface area (Å²) in [5, 5.41) is 2.67. The third-order valence-electron chi connectivity index (χ3n) is 3.19. The van der Waals surface area contributed by atoms with Crippen LogP contribution in [0.2, 0.25) is 0 Å².